The highest BCUT2D eigenvalue weighted by atomic mass is 35.5. The van der Waals surface area contributed by atoms with E-state index in [-0.39, 0.29) is 30.3 Å². The van der Waals surface area contributed by atoms with E-state index in [9.17, 15) is 4.79 Å². The lowest BCUT2D eigenvalue weighted by Crippen LogP contribution is -2.40. The summed E-state index contributed by atoms with van der Waals surface area (Å²) in [4.78, 5) is 17.1. The number of methoxy groups -OCH3 is 1. The number of hydrogen-bond acceptors (Lipinski definition) is 6. The zero-order valence-electron chi connectivity index (χ0n) is 15.0. The minimum Gasteiger partial charge on any atom is -0.496 e. The van der Waals surface area contributed by atoms with Gasteiger partial charge in [-0.2, -0.15) is 4.98 Å². The van der Waals surface area contributed by atoms with E-state index >= 15 is 0 Å². The highest BCUT2D eigenvalue weighted by Gasteiger charge is 2.30. The van der Waals surface area contributed by atoms with Gasteiger partial charge in [0.1, 0.15) is 11.8 Å². The van der Waals surface area contributed by atoms with Crippen molar-refractivity contribution >= 4 is 18.3 Å². The van der Waals surface area contributed by atoms with E-state index < -0.39 is 6.04 Å². The van der Waals surface area contributed by atoms with Crippen molar-refractivity contribution in [2.75, 3.05) is 7.11 Å². The fraction of sp³-hybridized carbons (Fsp3) is 0.500. The first kappa shape index (κ1) is 20.2. The molecule has 1 aromatic carbocycles. The molecular weight excluding hydrogens is 356 g/mol. The van der Waals surface area contributed by atoms with E-state index in [4.69, 9.17) is 15.0 Å². The zero-order valence-corrected chi connectivity index (χ0v) is 15.8. The number of amides is 1. The van der Waals surface area contributed by atoms with Crippen LogP contribution in [0.15, 0.2) is 28.8 Å². The number of ether oxygens (including phenoxy) is 1. The van der Waals surface area contributed by atoms with Crippen LogP contribution in [0.3, 0.4) is 0 Å². The monoisotopic (exact) mass is 380 g/mol. The lowest BCUT2D eigenvalue weighted by Gasteiger charge is -2.27. The Labute approximate surface area is 159 Å². The van der Waals surface area contributed by atoms with Gasteiger partial charge in [-0.05, 0) is 25.3 Å². The van der Waals surface area contributed by atoms with Gasteiger partial charge in [0.05, 0.1) is 7.11 Å². The predicted molar refractivity (Wildman–Crippen MR) is 99.2 cm³/mol. The van der Waals surface area contributed by atoms with Gasteiger partial charge in [-0.25, -0.2) is 0 Å². The van der Waals surface area contributed by atoms with E-state index in [0.717, 1.165) is 24.8 Å². The number of aromatic nitrogens is 2. The van der Waals surface area contributed by atoms with Crippen molar-refractivity contribution < 1.29 is 14.1 Å². The number of rotatable bonds is 5. The van der Waals surface area contributed by atoms with Crippen molar-refractivity contribution in [3.8, 4) is 5.75 Å². The average Bonchev–Trinajstić information content (AvgIpc) is 3.05. The van der Waals surface area contributed by atoms with Crippen LogP contribution in [0.2, 0.25) is 0 Å². The van der Waals surface area contributed by atoms with Gasteiger partial charge in [-0.1, -0.05) is 29.8 Å². The molecule has 0 aliphatic heterocycles. The molecule has 3 rings (SSSR count). The van der Waals surface area contributed by atoms with Crippen molar-refractivity contribution in [1.82, 2.24) is 15.5 Å². The topological polar surface area (TPSA) is 103 Å². The molecule has 142 valence electrons. The fourth-order valence-electron chi connectivity index (χ4n) is 3.34. The van der Waals surface area contributed by atoms with Crippen LogP contribution >= 0.6 is 12.4 Å². The highest BCUT2D eigenvalue weighted by molar-refractivity contribution is 5.85. The first-order valence-corrected chi connectivity index (χ1v) is 8.57. The molecule has 3 N–H and O–H groups in total. The molecule has 3 unspecified atom stereocenters. The van der Waals surface area contributed by atoms with E-state index in [1.54, 1.807) is 14.0 Å². The summed E-state index contributed by atoms with van der Waals surface area (Å²) in [5.41, 5.74) is 6.82. The molecule has 3 atom stereocenters. The average molecular weight is 381 g/mol. The van der Waals surface area contributed by atoms with Crippen LogP contribution in [0.1, 0.15) is 49.0 Å². The number of carbonyl (C=O) groups is 1. The first-order valence-electron chi connectivity index (χ1n) is 8.57. The van der Waals surface area contributed by atoms with Crippen LogP contribution in [0, 0.1) is 12.8 Å². The Bertz CT molecular complexity index is 737. The first-order chi connectivity index (χ1) is 12.1. The summed E-state index contributed by atoms with van der Waals surface area (Å²) in [6, 6.07) is 7.06. The maximum absolute atomic E-state index is 12.8. The molecule has 1 aromatic heterocycles. The van der Waals surface area contributed by atoms with Gasteiger partial charge in [0.15, 0.2) is 5.82 Å². The zero-order chi connectivity index (χ0) is 17.8. The number of para-hydroxylation sites is 1. The molecule has 8 heteroatoms. The molecule has 1 amide bonds. The van der Waals surface area contributed by atoms with Gasteiger partial charge in [-0.15, -0.1) is 12.4 Å². The Morgan fingerprint density at radius 2 is 2.15 bits per heavy atom. The summed E-state index contributed by atoms with van der Waals surface area (Å²) in [5, 5.41) is 7.07. The summed E-state index contributed by atoms with van der Waals surface area (Å²) in [7, 11) is 1.60. The molecule has 0 radical (unpaired) electrons. The SMILES string of the molecule is COc1ccccc1C(NC(=O)C1CCCC(N)C1)c1noc(C)n1.Cl. The number of hydrogen-bond donors (Lipinski definition) is 2. The van der Waals surface area contributed by atoms with Gasteiger partial charge in [0.25, 0.3) is 0 Å². The van der Waals surface area contributed by atoms with Crippen LogP contribution in [0.4, 0.5) is 0 Å². The Hall–Kier alpha value is -2.12. The van der Waals surface area contributed by atoms with Crippen molar-refractivity contribution in [3.63, 3.8) is 0 Å². The van der Waals surface area contributed by atoms with Gasteiger partial charge >= 0.3 is 0 Å². The number of nitrogens with zero attached hydrogens (tertiary/aromatic N) is 2. The number of nitrogens with one attached hydrogen (secondary N) is 1. The maximum atomic E-state index is 12.8. The van der Waals surface area contributed by atoms with Gasteiger partial charge in [0.2, 0.25) is 11.8 Å². The summed E-state index contributed by atoms with van der Waals surface area (Å²) in [5.74, 6) is 1.40. The molecule has 1 aliphatic carbocycles. The van der Waals surface area contributed by atoms with Crippen LogP contribution in [-0.4, -0.2) is 29.2 Å². The lowest BCUT2D eigenvalue weighted by molar-refractivity contribution is -0.126. The van der Waals surface area contributed by atoms with E-state index in [1.165, 1.54) is 0 Å². The van der Waals surface area contributed by atoms with Crippen LogP contribution in [0.5, 0.6) is 5.75 Å². The molecule has 2 aromatic rings. The van der Waals surface area contributed by atoms with Crippen LogP contribution in [-0.2, 0) is 4.79 Å². The number of halogens is 1. The molecule has 7 nitrogen and oxygen atoms in total. The Balaban J connectivity index is 0.00000243. The van der Waals surface area contributed by atoms with Crippen LogP contribution in [0.25, 0.3) is 0 Å². The normalized spacial score (nSPS) is 20.7. The fourth-order valence-corrected chi connectivity index (χ4v) is 3.34. The Morgan fingerprint density at radius 3 is 2.81 bits per heavy atom. The third kappa shape index (κ3) is 4.53. The van der Waals surface area contributed by atoms with Crippen LogP contribution < -0.4 is 15.8 Å². The minimum absolute atomic E-state index is 0. The number of carbonyl (C=O) groups excluding carboxylic acids is 1. The molecule has 26 heavy (non-hydrogen) atoms. The molecular formula is C18H25ClN4O3. The molecule has 0 saturated heterocycles. The molecule has 0 spiro atoms. The smallest absolute Gasteiger partial charge is 0.224 e. The maximum Gasteiger partial charge on any atom is 0.224 e. The quantitative estimate of drug-likeness (QED) is 0.826. The second kappa shape index (κ2) is 9.00. The second-order valence-corrected chi connectivity index (χ2v) is 6.48. The molecule has 1 fully saturated rings. The van der Waals surface area contributed by atoms with Crippen molar-refractivity contribution in [3.05, 3.63) is 41.5 Å². The predicted octanol–water partition coefficient (Wildman–Crippen LogP) is 2.53. The summed E-state index contributed by atoms with van der Waals surface area (Å²) in [6.07, 6.45) is 3.50. The summed E-state index contributed by atoms with van der Waals surface area (Å²) in [6.45, 7) is 1.72. The summed E-state index contributed by atoms with van der Waals surface area (Å²) < 4.78 is 10.6. The molecule has 0 bridgehead atoms. The Morgan fingerprint density at radius 1 is 1.38 bits per heavy atom. The third-order valence-electron chi connectivity index (χ3n) is 4.62. The lowest BCUT2D eigenvalue weighted by atomic mass is 9.85. The van der Waals surface area contributed by atoms with Crippen molar-refractivity contribution in [1.29, 1.82) is 0 Å². The standard InChI is InChI=1S/C18H24N4O3.ClH/c1-11-20-17(22-25-11)16(14-8-3-4-9-15(14)24-2)21-18(23)12-6-5-7-13(19)10-12;/h3-4,8-9,12-13,16H,5-7,10,19H2,1-2H3,(H,21,23);1H. The van der Waals surface area contributed by atoms with E-state index in [0.29, 0.717) is 23.9 Å². The van der Waals surface area contributed by atoms with E-state index in [1.807, 2.05) is 24.3 Å². The van der Waals surface area contributed by atoms with Gasteiger partial charge in [-0.3, -0.25) is 4.79 Å². The second-order valence-electron chi connectivity index (χ2n) is 6.48. The van der Waals surface area contributed by atoms with Gasteiger partial charge in [0, 0.05) is 24.4 Å². The number of aryl methyl sites for hydroxylation is 1. The number of nitrogens with two attached hydrogens (primary N) is 1. The van der Waals surface area contributed by atoms with Gasteiger partial charge < -0.3 is 20.3 Å². The molecule has 1 heterocycles. The van der Waals surface area contributed by atoms with E-state index in [2.05, 4.69) is 15.5 Å². The number of benzene rings is 1. The minimum atomic E-state index is -0.528. The van der Waals surface area contributed by atoms with Crippen molar-refractivity contribution in [2.24, 2.45) is 11.7 Å². The summed E-state index contributed by atoms with van der Waals surface area (Å²) >= 11 is 0. The van der Waals surface area contributed by atoms with Crippen molar-refractivity contribution in [2.45, 2.75) is 44.7 Å². The Kier molecular flexibility index (Phi) is 6.99. The largest absolute Gasteiger partial charge is 0.496 e. The highest BCUT2D eigenvalue weighted by Crippen LogP contribution is 2.30. The molecule has 1 saturated carbocycles. The third-order valence-corrected chi connectivity index (χ3v) is 4.62. The molecule has 1 aliphatic rings.